The van der Waals surface area contributed by atoms with Gasteiger partial charge in [0.05, 0.1) is 11.4 Å². The Bertz CT molecular complexity index is 878. The number of amidine groups is 1. The number of rotatable bonds is 3. The van der Waals surface area contributed by atoms with Gasteiger partial charge in [0.2, 0.25) is 5.82 Å². The van der Waals surface area contributed by atoms with E-state index < -0.39 is 0 Å². The van der Waals surface area contributed by atoms with Crippen LogP contribution in [0.5, 0.6) is 0 Å². The van der Waals surface area contributed by atoms with E-state index in [0.29, 0.717) is 23.0 Å². The van der Waals surface area contributed by atoms with Gasteiger partial charge in [-0.1, -0.05) is 6.42 Å². The van der Waals surface area contributed by atoms with E-state index in [-0.39, 0.29) is 0 Å². The molecule has 1 aliphatic carbocycles. The van der Waals surface area contributed by atoms with Crippen molar-refractivity contribution in [3.63, 3.8) is 0 Å². The smallest absolute Gasteiger partial charge is 0.201 e. The van der Waals surface area contributed by atoms with E-state index in [4.69, 9.17) is 10.7 Å². The predicted molar refractivity (Wildman–Crippen MR) is 113 cm³/mol. The number of aliphatic imine (C=N–C) groups is 2. The van der Waals surface area contributed by atoms with Crippen molar-refractivity contribution >= 4 is 24.1 Å². The quantitative estimate of drug-likeness (QED) is 0.558. The Morgan fingerprint density at radius 3 is 2.54 bits per heavy atom. The monoisotopic (exact) mass is 382 g/mol. The van der Waals surface area contributed by atoms with Crippen LogP contribution in [0.4, 0.5) is 11.5 Å². The number of hydrogen-bond acceptors (Lipinski definition) is 5. The molecule has 2 aromatic heterocycles. The maximum absolute atomic E-state index is 6.41. The van der Waals surface area contributed by atoms with Gasteiger partial charge >= 0.3 is 0 Å². The lowest BCUT2D eigenvalue weighted by atomic mass is 9.74. The van der Waals surface area contributed by atoms with Gasteiger partial charge in [0.25, 0.3) is 0 Å². The molecule has 4 rings (SSSR count). The predicted octanol–water partition coefficient (Wildman–Crippen LogP) is 3.39. The fourth-order valence-electron chi connectivity index (χ4n) is 4.93. The molecule has 8 heteroatoms. The largest absolute Gasteiger partial charge is 0.360 e. The molecule has 0 aromatic carbocycles. The fraction of sp³-hybridized carbons (Fsp3) is 0.600. The molecule has 1 aliphatic heterocycles. The second kappa shape index (κ2) is 7.16. The third-order valence-corrected chi connectivity index (χ3v) is 6.72. The highest BCUT2D eigenvalue weighted by molar-refractivity contribution is 5.88. The van der Waals surface area contributed by atoms with Crippen molar-refractivity contribution in [2.24, 2.45) is 21.1 Å². The Labute approximate surface area is 165 Å². The van der Waals surface area contributed by atoms with Crippen molar-refractivity contribution in [1.82, 2.24) is 25.3 Å². The molecule has 28 heavy (non-hydrogen) atoms. The van der Waals surface area contributed by atoms with Crippen molar-refractivity contribution < 1.29 is 0 Å². The third-order valence-electron chi connectivity index (χ3n) is 6.72. The van der Waals surface area contributed by atoms with E-state index in [2.05, 4.69) is 37.0 Å². The topological polar surface area (TPSA) is 111 Å². The van der Waals surface area contributed by atoms with Crippen LogP contribution in [0.15, 0.2) is 9.98 Å². The van der Waals surface area contributed by atoms with E-state index in [1.54, 1.807) is 0 Å². The Morgan fingerprint density at radius 2 is 1.96 bits per heavy atom. The van der Waals surface area contributed by atoms with Crippen LogP contribution in [0.25, 0.3) is 11.3 Å². The molecular weight excluding hydrogens is 352 g/mol. The van der Waals surface area contributed by atoms with Crippen LogP contribution in [-0.2, 0) is 0 Å². The molecule has 2 aliphatic rings. The number of hydrogen-bond donors (Lipinski definition) is 3. The molecule has 2 fully saturated rings. The van der Waals surface area contributed by atoms with Crippen LogP contribution in [0, 0.1) is 19.3 Å². The molecule has 8 nitrogen and oxygen atoms in total. The number of aromatic nitrogens is 4. The van der Waals surface area contributed by atoms with Crippen LogP contribution in [0.2, 0.25) is 0 Å². The Balaban J connectivity index is 1.55. The first kappa shape index (κ1) is 18.9. The molecule has 150 valence electrons. The van der Waals surface area contributed by atoms with Crippen LogP contribution < -0.4 is 5.73 Å². The number of likely N-dealkylation sites (tertiary alicyclic amines) is 1. The highest BCUT2D eigenvalue weighted by atomic mass is 15.2. The maximum Gasteiger partial charge on any atom is 0.201 e. The normalized spacial score (nSPS) is 22.2. The van der Waals surface area contributed by atoms with Crippen molar-refractivity contribution in [2.45, 2.75) is 58.9 Å². The van der Waals surface area contributed by atoms with Crippen molar-refractivity contribution in [3.8, 4) is 11.3 Å². The second-order valence-corrected chi connectivity index (χ2v) is 8.25. The van der Waals surface area contributed by atoms with Gasteiger partial charge in [-0.15, -0.1) is 0 Å². The van der Waals surface area contributed by atoms with Gasteiger partial charge in [-0.05, 0) is 58.6 Å². The lowest BCUT2D eigenvalue weighted by Gasteiger charge is -2.42. The molecule has 4 N–H and O–H groups in total. The standard InChI is InChI=1S/C20H30N8/c1-12-16(13(2)25-24-12)17-18(22-4)19(27-26-17)23-14(3)28-10-8-20(9-11-28)7-5-6-15(20)21/h15H,4-11,21H2,1-3H3,(H,24,25)(H,26,27)/t15-/m1/s1. The van der Waals surface area contributed by atoms with Gasteiger partial charge in [0.15, 0.2) is 0 Å². The molecule has 0 bridgehead atoms. The number of H-pyrrole nitrogens is 2. The summed E-state index contributed by atoms with van der Waals surface area (Å²) in [6, 6.07) is 0.360. The first-order valence-electron chi connectivity index (χ1n) is 10.1. The molecule has 2 aromatic rings. The zero-order chi connectivity index (χ0) is 19.9. The zero-order valence-electron chi connectivity index (χ0n) is 17.0. The number of aromatic amines is 2. The molecule has 0 radical (unpaired) electrons. The summed E-state index contributed by atoms with van der Waals surface area (Å²) in [7, 11) is 0. The summed E-state index contributed by atoms with van der Waals surface area (Å²) in [5, 5.41) is 14.8. The minimum atomic E-state index is 0.348. The zero-order valence-corrected chi connectivity index (χ0v) is 17.0. The minimum Gasteiger partial charge on any atom is -0.360 e. The SMILES string of the molecule is C=Nc1c(N=C(C)N2CCC3(CCC[C@H]3N)CC2)n[nH]c1-c1c(C)n[nH]c1C. The van der Waals surface area contributed by atoms with E-state index in [1.165, 1.54) is 19.3 Å². The van der Waals surface area contributed by atoms with E-state index in [1.807, 2.05) is 20.8 Å². The van der Waals surface area contributed by atoms with Gasteiger partial charge in [0, 0.05) is 30.4 Å². The van der Waals surface area contributed by atoms with E-state index >= 15 is 0 Å². The fourth-order valence-corrected chi connectivity index (χ4v) is 4.93. The first-order valence-corrected chi connectivity index (χ1v) is 10.1. The Hall–Kier alpha value is -2.48. The van der Waals surface area contributed by atoms with Crippen LogP contribution in [0.3, 0.4) is 0 Å². The maximum atomic E-state index is 6.41. The Morgan fingerprint density at radius 1 is 1.21 bits per heavy atom. The summed E-state index contributed by atoms with van der Waals surface area (Å²) in [5.41, 5.74) is 11.1. The van der Waals surface area contributed by atoms with Gasteiger partial charge < -0.3 is 10.6 Å². The summed E-state index contributed by atoms with van der Waals surface area (Å²) in [5.74, 6) is 1.53. The van der Waals surface area contributed by atoms with Crippen LogP contribution in [0.1, 0.15) is 50.4 Å². The number of nitrogens with one attached hydrogen (secondary N) is 2. The van der Waals surface area contributed by atoms with Crippen LogP contribution in [-0.4, -0.2) is 57.0 Å². The minimum absolute atomic E-state index is 0.348. The number of nitrogens with two attached hydrogens (primary N) is 1. The second-order valence-electron chi connectivity index (χ2n) is 8.25. The number of nitrogens with zero attached hydrogens (tertiary/aromatic N) is 5. The highest BCUT2D eigenvalue weighted by Gasteiger charge is 2.42. The van der Waals surface area contributed by atoms with E-state index in [9.17, 15) is 0 Å². The van der Waals surface area contributed by atoms with Crippen molar-refractivity contribution in [2.75, 3.05) is 13.1 Å². The molecule has 1 saturated carbocycles. The molecule has 0 amide bonds. The average Bonchev–Trinajstić information content (AvgIpc) is 3.34. The van der Waals surface area contributed by atoms with Gasteiger partial charge in [-0.2, -0.15) is 10.2 Å². The van der Waals surface area contributed by atoms with Crippen molar-refractivity contribution in [3.05, 3.63) is 11.4 Å². The summed E-state index contributed by atoms with van der Waals surface area (Å²) in [4.78, 5) is 11.3. The average molecular weight is 383 g/mol. The summed E-state index contributed by atoms with van der Waals surface area (Å²) < 4.78 is 0. The lowest BCUT2D eigenvalue weighted by molar-refractivity contribution is 0.135. The number of piperidine rings is 1. The Kier molecular flexibility index (Phi) is 4.82. The summed E-state index contributed by atoms with van der Waals surface area (Å²) >= 11 is 0. The molecule has 3 heterocycles. The van der Waals surface area contributed by atoms with Gasteiger partial charge in [0.1, 0.15) is 11.5 Å². The highest BCUT2D eigenvalue weighted by Crippen LogP contribution is 2.45. The molecular formula is C20H30N8. The molecule has 1 spiro atoms. The lowest BCUT2D eigenvalue weighted by Crippen LogP contribution is -2.48. The molecule has 0 unspecified atom stereocenters. The first-order chi connectivity index (χ1) is 13.4. The third kappa shape index (κ3) is 3.05. The van der Waals surface area contributed by atoms with Gasteiger partial charge in [-0.3, -0.25) is 15.2 Å². The van der Waals surface area contributed by atoms with Crippen molar-refractivity contribution in [1.29, 1.82) is 0 Å². The summed E-state index contributed by atoms with van der Waals surface area (Å²) in [6.07, 6.45) is 6.00. The summed E-state index contributed by atoms with van der Waals surface area (Å²) in [6.45, 7) is 11.7. The molecule has 1 saturated heterocycles. The van der Waals surface area contributed by atoms with Gasteiger partial charge in [-0.25, -0.2) is 4.99 Å². The van der Waals surface area contributed by atoms with Crippen LogP contribution >= 0.6 is 0 Å². The molecule has 1 atom stereocenters. The van der Waals surface area contributed by atoms with E-state index in [0.717, 1.165) is 54.4 Å². The number of aryl methyl sites for hydroxylation is 2.